The molecular formula is C18H27ClF2N2O3. The van der Waals surface area contributed by atoms with Crippen molar-refractivity contribution >= 4 is 18.3 Å². The molecule has 0 saturated heterocycles. The van der Waals surface area contributed by atoms with Gasteiger partial charge in [-0.2, -0.15) is 8.78 Å². The minimum atomic E-state index is -2.94. The summed E-state index contributed by atoms with van der Waals surface area (Å²) in [5.41, 5.74) is 6.19. The van der Waals surface area contributed by atoms with Gasteiger partial charge in [-0.15, -0.1) is 12.4 Å². The summed E-state index contributed by atoms with van der Waals surface area (Å²) in [5, 5.41) is 2.82. The van der Waals surface area contributed by atoms with Crippen LogP contribution in [0.2, 0.25) is 0 Å². The third kappa shape index (κ3) is 6.29. The number of ether oxygens (including phenoxy) is 2. The minimum absolute atomic E-state index is 0. The number of amides is 1. The number of hydrogen-bond acceptors (Lipinski definition) is 4. The molecule has 1 saturated carbocycles. The number of rotatable bonds is 9. The predicted octanol–water partition coefficient (Wildman–Crippen LogP) is 3.49. The lowest BCUT2D eigenvalue weighted by atomic mass is 9.95. The Morgan fingerprint density at radius 3 is 2.81 bits per heavy atom. The molecule has 26 heavy (non-hydrogen) atoms. The zero-order chi connectivity index (χ0) is 18.2. The van der Waals surface area contributed by atoms with E-state index in [1.54, 1.807) is 12.1 Å². The van der Waals surface area contributed by atoms with Gasteiger partial charge in [0.25, 0.3) is 0 Å². The number of carbonyl (C=O) groups is 1. The molecule has 8 heteroatoms. The summed E-state index contributed by atoms with van der Waals surface area (Å²) in [6.07, 6.45) is 3.57. The lowest BCUT2D eigenvalue weighted by Gasteiger charge is -2.18. The first kappa shape index (κ1) is 22.4. The fourth-order valence-electron chi connectivity index (χ4n) is 3.17. The van der Waals surface area contributed by atoms with E-state index < -0.39 is 6.61 Å². The molecule has 3 N–H and O–H groups in total. The number of nitrogens with two attached hydrogens (primary N) is 1. The summed E-state index contributed by atoms with van der Waals surface area (Å²) in [4.78, 5) is 12.3. The van der Waals surface area contributed by atoms with Gasteiger partial charge in [0.05, 0.1) is 6.61 Å². The molecule has 1 aliphatic rings. The van der Waals surface area contributed by atoms with Crippen molar-refractivity contribution in [3.63, 3.8) is 0 Å². The van der Waals surface area contributed by atoms with Crippen molar-refractivity contribution in [3.05, 3.63) is 23.8 Å². The number of nitrogens with one attached hydrogen (secondary N) is 1. The highest BCUT2D eigenvalue weighted by Gasteiger charge is 2.31. The normalized spacial score (nSPS) is 19.1. The summed E-state index contributed by atoms with van der Waals surface area (Å²) in [6.45, 7) is 0.126. The molecule has 2 atom stereocenters. The Balaban J connectivity index is 0.00000338. The molecule has 0 radical (unpaired) electrons. The highest BCUT2D eigenvalue weighted by Crippen LogP contribution is 2.31. The van der Waals surface area contributed by atoms with Crippen LogP contribution in [-0.4, -0.2) is 25.7 Å². The van der Waals surface area contributed by atoms with Crippen LogP contribution in [-0.2, 0) is 11.3 Å². The molecule has 1 aromatic rings. The van der Waals surface area contributed by atoms with Crippen molar-refractivity contribution in [1.82, 2.24) is 5.32 Å². The largest absolute Gasteiger partial charge is 0.493 e. The molecule has 148 valence electrons. The van der Waals surface area contributed by atoms with E-state index in [1.165, 1.54) is 6.07 Å². The lowest BCUT2D eigenvalue weighted by molar-refractivity contribution is -0.126. The fourth-order valence-corrected chi connectivity index (χ4v) is 3.17. The molecule has 0 aromatic heterocycles. The van der Waals surface area contributed by atoms with Crippen molar-refractivity contribution in [2.45, 2.75) is 45.8 Å². The molecule has 1 fully saturated rings. The van der Waals surface area contributed by atoms with Gasteiger partial charge in [0.1, 0.15) is 11.5 Å². The maximum Gasteiger partial charge on any atom is 0.387 e. The summed E-state index contributed by atoms with van der Waals surface area (Å²) in [5.74, 6) is 0.498. The Kier molecular flexibility index (Phi) is 9.65. The standard InChI is InChI=1S/C18H26F2N2O3.ClH/c1-2-8-24-14-7-6-13(16(9-14)25-18(19)20)11-22-17(23)15-5-3-4-12(15)10-21;/h6-7,9,12,15,18H,2-5,8,10-11,21H2,1H3,(H,22,23);1H/t12-,15-;/m1./s1. The fraction of sp³-hybridized carbons (Fsp3) is 0.611. The molecule has 0 heterocycles. The van der Waals surface area contributed by atoms with Crippen LogP contribution in [0.15, 0.2) is 18.2 Å². The third-order valence-electron chi connectivity index (χ3n) is 4.48. The molecule has 1 amide bonds. The summed E-state index contributed by atoms with van der Waals surface area (Å²) >= 11 is 0. The van der Waals surface area contributed by atoms with Gasteiger partial charge in [-0.05, 0) is 43.9 Å². The molecule has 0 unspecified atom stereocenters. The average Bonchev–Trinajstić information content (AvgIpc) is 3.07. The summed E-state index contributed by atoms with van der Waals surface area (Å²) in [7, 11) is 0. The number of benzene rings is 1. The van der Waals surface area contributed by atoms with Gasteiger partial charge in [0.15, 0.2) is 0 Å². The Morgan fingerprint density at radius 2 is 2.15 bits per heavy atom. The number of alkyl halides is 2. The van der Waals surface area contributed by atoms with Gasteiger partial charge in [0, 0.05) is 24.1 Å². The van der Waals surface area contributed by atoms with Gasteiger partial charge >= 0.3 is 6.61 Å². The van der Waals surface area contributed by atoms with E-state index in [4.69, 9.17) is 10.5 Å². The van der Waals surface area contributed by atoms with E-state index in [0.717, 1.165) is 25.7 Å². The van der Waals surface area contributed by atoms with Crippen molar-refractivity contribution in [2.24, 2.45) is 17.6 Å². The van der Waals surface area contributed by atoms with E-state index in [9.17, 15) is 13.6 Å². The smallest absolute Gasteiger partial charge is 0.387 e. The molecule has 1 aliphatic carbocycles. The SMILES string of the molecule is CCCOc1ccc(CNC(=O)[C@@H]2CCC[C@@H]2CN)c(OC(F)F)c1.Cl. The van der Waals surface area contributed by atoms with Crippen LogP contribution >= 0.6 is 12.4 Å². The first-order valence-electron chi connectivity index (χ1n) is 8.73. The van der Waals surface area contributed by atoms with E-state index in [2.05, 4.69) is 10.1 Å². The molecule has 0 bridgehead atoms. The Labute approximate surface area is 159 Å². The van der Waals surface area contributed by atoms with Crippen molar-refractivity contribution in [3.8, 4) is 11.5 Å². The Hall–Kier alpha value is -1.60. The van der Waals surface area contributed by atoms with Crippen LogP contribution in [0.4, 0.5) is 8.78 Å². The van der Waals surface area contributed by atoms with Crippen molar-refractivity contribution in [2.75, 3.05) is 13.2 Å². The molecule has 2 rings (SSSR count). The second-order valence-electron chi connectivity index (χ2n) is 6.25. The first-order chi connectivity index (χ1) is 12.0. The summed E-state index contributed by atoms with van der Waals surface area (Å²) < 4.78 is 35.3. The van der Waals surface area contributed by atoms with Gasteiger partial charge in [-0.3, -0.25) is 4.79 Å². The van der Waals surface area contributed by atoms with Gasteiger partial charge < -0.3 is 20.5 Å². The van der Waals surface area contributed by atoms with Crippen LogP contribution in [0.3, 0.4) is 0 Å². The zero-order valence-corrected chi connectivity index (χ0v) is 15.7. The Morgan fingerprint density at radius 1 is 1.38 bits per heavy atom. The number of halogens is 3. The minimum Gasteiger partial charge on any atom is -0.493 e. The maximum absolute atomic E-state index is 12.7. The van der Waals surface area contributed by atoms with Crippen LogP contribution in [0, 0.1) is 11.8 Å². The molecule has 1 aromatic carbocycles. The van der Waals surface area contributed by atoms with Gasteiger partial charge in [-0.1, -0.05) is 13.3 Å². The van der Waals surface area contributed by atoms with Crippen molar-refractivity contribution in [1.29, 1.82) is 0 Å². The third-order valence-corrected chi connectivity index (χ3v) is 4.48. The second-order valence-corrected chi connectivity index (χ2v) is 6.25. The Bertz CT molecular complexity index is 575. The first-order valence-corrected chi connectivity index (χ1v) is 8.73. The average molecular weight is 393 g/mol. The number of carbonyl (C=O) groups excluding carboxylic acids is 1. The monoisotopic (exact) mass is 392 g/mol. The van der Waals surface area contributed by atoms with E-state index in [0.29, 0.717) is 24.5 Å². The second kappa shape index (κ2) is 11.2. The summed E-state index contributed by atoms with van der Waals surface area (Å²) in [6, 6.07) is 4.76. The topological polar surface area (TPSA) is 73.6 Å². The van der Waals surface area contributed by atoms with Crippen molar-refractivity contribution < 1.29 is 23.0 Å². The predicted molar refractivity (Wildman–Crippen MR) is 97.8 cm³/mol. The van der Waals surface area contributed by atoms with Gasteiger partial charge in [0.2, 0.25) is 5.91 Å². The molecular weight excluding hydrogens is 366 g/mol. The van der Waals surface area contributed by atoms with E-state index in [-0.39, 0.29) is 42.4 Å². The number of hydrogen-bond donors (Lipinski definition) is 2. The quantitative estimate of drug-likeness (QED) is 0.674. The van der Waals surface area contributed by atoms with Crippen LogP contribution < -0.4 is 20.5 Å². The molecule has 0 spiro atoms. The highest BCUT2D eigenvalue weighted by atomic mass is 35.5. The highest BCUT2D eigenvalue weighted by molar-refractivity contribution is 5.85. The zero-order valence-electron chi connectivity index (χ0n) is 14.9. The van der Waals surface area contributed by atoms with Gasteiger partial charge in [-0.25, -0.2) is 0 Å². The maximum atomic E-state index is 12.7. The molecule has 5 nitrogen and oxygen atoms in total. The van der Waals surface area contributed by atoms with Crippen LogP contribution in [0.5, 0.6) is 11.5 Å². The lowest BCUT2D eigenvalue weighted by Crippen LogP contribution is -2.34. The van der Waals surface area contributed by atoms with E-state index in [1.807, 2.05) is 6.92 Å². The van der Waals surface area contributed by atoms with Crippen LogP contribution in [0.1, 0.15) is 38.2 Å². The molecule has 0 aliphatic heterocycles. The van der Waals surface area contributed by atoms with Crippen LogP contribution in [0.25, 0.3) is 0 Å². The van der Waals surface area contributed by atoms with E-state index >= 15 is 0 Å².